The first kappa shape index (κ1) is 20.1. The summed E-state index contributed by atoms with van der Waals surface area (Å²) in [6.07, 6.45) is 2.98. The molecular weight excluding hydrogens is 366 g/mol. The first-order chi connectivity index (χ1) is 13.1. The Balaban J connectivity index is 1.37. The molecule has 1 aromatic rings. The second-order valence-electron chi connectivity index (χ2n) is 7.26. The molecule has 1 aliphatic carbocycles. The van der Waals surface area contributed by atoms with Gasteiger partial charge in [-0.05, 0) is 37.8 Å². The second kappa shape index (κ2) is 10.1. The molecule has 6 nitrogen and oxygen atoms in total. The third kappa shape index (κ3) is 5.92. The van der Waals surface area contributed by atoms with Crippen LogP contribution in [0.1, 0.15) is 25.7 Å². The predicted molar refractivity (Wildman–Crippen MR) is 106 cm³/mol. The Morgan fingerprint density at radius 3 is 2.33 bits per heavy atom. The quantitative estimate of drug-likeness (QED) is 0.779. The van der Waals surface area contributed by atoms with E-state index in [4.69, 9.17) is 16.3 Å². The summed E-state index contributed by atoms with van der Waals surface area (Å²) in [5, 5.41) is 6.50. The van der Waals surface area contributed by atoms with Crippen molar-refractivity contribution in [3.8, 4) is 0 Å². The smallest absolute Gasteiger partial charge is 0.227 e. The number of carbonyl (C=O) groups is 2. The molecule has 148 valence electrons. The number of nitrogens with zero attached hydrogens (tertiary/aromatic N) is 1. The first-order valence-electron chi connectivity index (χ1n) is 9.76. The number of amides is 2. The highest BCUT2D eigenvalue weighted by Crippen LogP contribution is 2.30. The van der Waals surface area contributed by atoms with Gasteiger partial charge in [-0.2, -0.15) is 0 Å². The zero-order chi connectivity index (χ0) is 19.1. The number of hydrogen-bond acceptors (Lipinski definition) is 4. The van der Waals surface area contributed by atoms with Gasteiger partial charge >= 0.3 is 0 Å². The summed E-state index contributed by atoms with van der Waals surface area (Å²) >= 11 is 6.10. The van der Waals surface area contributed by atoms with Gasteiger partial charge in [0, 0.05) is 38.0 Å². The molecule has 1 saturated heterocycles. The average Bonchev–Trinajstić information content (AvgIpc) is 2.70. The van der Waals surface area contributed by atoms with Crippen LogP contribution in [0.15, 0.2) is 24.3 Å². The lowest BCUT2D eigenvalue weighted by Gasteiger charge is -2.28. The van der Waals surface area contributed by atoms with E-state index >= 15 is 0 Å². The van der Waals surface area contributed by atoms with Crippen LogP contribution < -0.4 is 10.6 Å². The highest BCUT2D eigenvalue weighted by Gasteiger charge is 2.30. The predicted octanol–water partition coefficient (Wildman–Crippen LogP) is 2.53. The summed E-state index contributed by atoms with van der Waals surface area (Å²) in [6.45, 7) is 4.95. The SMILES string of the molecule is O=C(NCCN1CCOCC1)C1CCC(C(=O)Nc2ccccc2Cl)CC1. The summed E-state index contributed by atoms with van der Waals surface area (Å²) < 4.78 is 5.33. The molecule has 0 radical (unpaired) electrons. The van der Waals surface area contributed by atoms with Crippen LogP contribution in [0.4, 0.5) is 5.69 Å². The van der Waals surface area contributed by atoms with Crippen molar-refractivity contribution in [1.29, 1.82) is 0 Å². The lowest BCUT2D eigenvalue weighted by molar-refractivity contribution is -0.128. The summed E-state index contributed by atoms with van der Waals surface area (Å²) in [4.78, 5) is 27.1. The molecule has 0 bridgehead atoms. The number of rotatable bonds is 6. The van der Waals surface area contributed by atoms with Gasteiger partial charge in [-0.1, -0.05) is 23.7 Å². The van der Waals surface area contributed by atoms with Crippen LogP contribution >= 0.6 is 11.6 Å². The Labute approximate surface area is 165 Å². The van der Waals surface area contributed by atoms with E-state index < -0.39 is 0 Å². The third-order valence-electron chi connectivity index (χ3n) is 5.43. The van der Waals surface area contributed by atoms with Crippen LogP contribution in [-0.4, -0.2) is 56.1 Å². The number of halogens is 1. The number of ether oxygens (including phenoxy) is 1. The van der Waals surface area contributed by atoms with Crippen molar-refractivity contribution in [3.63, 3.8) is 0 Å². The standard InChI is InChI=1S/C20H28ClN3O3/c21-17-3-1-2-4-18(17)23-20(26)16-7-5-15(6-8-16)19(25)22-9-10-24-11-13-27-14-12-24/h1-4,15-16H,5-14H2,(H,22,25)(H,23,26). The van der Waals surface area contributed by atoms with Crippen molar-refractivity contribution in [2.24, 2.45) is 11.8 Å². The molecule has 1 aromatic carbocycles. The summed E-state index contributed by atoms with van der Waals surface area (Å²) in [6, 6.07) is 7.24. The van der Waals surface area contributed by atoms with Gasteiger partial charge in [-0.25, -0.2) is 0 Å². The van der Waals surface area contributed by atoms with Gasteiger partial charge in [0.15, 0.2) is 0 Å². The molecule has 2 aliphatic rings. The maximum Gasteiger partial charge on any atom is 0.227 e. The monoisotopic (exact) mass is 393 g/mol. The number of nitrogens with one attached hydrogen (secondary N) is 2. The van der Waals surface area contributed by atoms with Crippen LogP contribution in [0, 0.1) is 11.8 Å². The fourth-order valence-corrected chi connectivity index (χ4v) is 3.90. The normalized spacial score (nSPS) is 23.6. The molecule has 1 saturated carbocycles. The molecule has 0 spiro atoms. The van der Waals surface area contributed by atoms with Gasteiger partial charge in [-0.3, -0.25) is 14.5 Å². The fourth-order valence-electron chi connectivity index (χ4n) is 3.72. The molecular formula is C20H28ClN3O3. The first-order valence-corrected chi connectivity index (χ1v) is 10.1. The molecule has 0 unspecified atom stereocenters. The number of hydrogen-bond donors (Lipinski definition) is 2. The third-order valence-corrected chi connectivity index (χ3v) is 5.76. The topological polar surface area (TPSA) is 70.7 Å². The molecule has 3 rings (SSSR count). The number of benzene rings is 1. The fraction of sp³-hybridized carbons (Fsp3) is 0.600. The molecule has 2 amide bonds. The van der Waals surface area contributed by atoms with E-state index in [1.807, 2.05) is 12.1 Å². The number of para-hydroxylation sites is 1. The number of anilines is 1. The van der Waals surface area contributed by atoms with E-state index in [-0.39, 0.29) is 23.7 Å². The molecule has 1 aliphatic heterocycles. The molecule has 0 aromatic heterocycles. The van der Waals surface area contributed by atoms with Crippen LogP contribution in [0.2, 0.25) is 5.02 Å². The van der Waals surface area contributed by atoms with Crippen molar-refractivity contribution in [1.82, 2.24) is 10.2 Å². The highest BCUT2D eigenvalue weighted by atomic mass is 35.5. The second-order valence-corrected chi connectivity index (χ2v) is 7.67. The molecule has 2 fully saturated rings. The van der Waals surface area contributed by atoms with Crippen molar-refractivity contribution in [3.05, 3.63) is 29.3 Å². The van der Waals surface area contributed by atoms with E-state index in [0.29, 0.717) is 17.3 Å². The largest absolute Gasteiger partial charge is 0.379 e. The van der Waals surface area contributed by atoms with Crippen molar-refractivity contribution in [2.75, 3.05) is 44.7 Å². The Bertz CT molecular complexity index is 641. The van der Waals surface area contributed by atoms with E-state index in [9.17, 15) is 9.59 Å². The Hall–Kier alpha value is -1.63. The van der Waals surface area contributed by atoms with Gasteiger partial charge in [0.05, 0.1) is 23.9 Å². The van der Waals surface area contributed by atoms with Crippen molar-refractivity contribution in [2.45, 2.75) is 25.7 Å². The van der Waals surface area contributed by atoms with E-state index in [1.165, 1.54) is 0 Å². The molecule has 0 atom stereocenters. The van der Waals surface area contributed by atoms with Gasteiger partial charge in [-0.15, -0.1) is 0 Å². The van der Waals surface area contributed by atoms with E-state index in [0.717, 1.165) is 58.5 Å². The van der Waals surface area contributed by atoms with Gasteiger partial charge in [0.25, 0.3) is 0 Å². The van der Waals surface area contributed by atoms with Crippen LogP contribution in [0.25, 0.3) is 0 Å². The van der Waals surface area contributed by atoms with Crippen molar-refractivity contribution >= 4 is 29.1 Å². The van der Waals surface area contributed by atoms with Gasteiger partial charge in [0.2, 0.25) is 11.8 Å². The maximum absolute atomic E-state index is 12.5. The van der Waals surface area contributed by atoms with Crippen LogP contribution in [-0.2, 0) is 14.3 Å². The zero-order valence-corrected chi connectivity index (χ0v) is 16.3. The Kier molecular flexibility index (Phi) is 7.50. The number of carbonyl (C=O) groups excluding carboxylic acids is 2. The Morgan fingerprint density at radius 2 is 1.67 bits per heavy atom. The minimum atomic E-state index is -0.0568. The molecule has 2 N–H and O–H groups in total. The minimum absolute atomic E-state index is 0.00530. The number of morpholine rings is 1. The van der Waals surface area contributed by atoms with Crippen molar-refractivity contribution < 1.29 is 14.3 Å². The molecule has 7 heteroatoms. The highest BCUT2D eigenvalue weighted by molar-refractivity contribution is 6.33. The summed E-state index contributed by atoms with van der Waals surface area (Å²) in [5.74, 6) is 0.0697. The summed E-state index contributed by atoms with van der Waals surface area (Å²) in [5.41, 5.74) is 0.646. The minimum Gasteiger partial charge on any atom is -0.379 e. The maximum atomic E-state index is 12.5. The van der Waals surface area contributed by atoms with Gasteiger partial charge in [0.1, 0.15) is 0 Å². The lowest BCUT2D eigenvalue weighted by Crippen LogP contribution is -2.43. The average molecular weight is 394 g/mol. The lowest BCUT2D eigenvalue weighted by atomic mass is 9.81. The van der Waals surface area contributed by atoms with E-state index in [2.05, 4.69) is 15.5 Å². The molecule has 27 heavy (non-hydrogen) atoms. The van der Waals surface area contributed by atoms with Crippen LogP contribution in [0.5, 0.6) is 0 Å². The summed E-state index contributed by atoms with van der Waals surface area (Å²) in [7, 11) is 0. The van der Waals surface area contributed by atoms with E-state index in [1.54, 1.807) is 12.1 Å². The molecule has 1 heterocycles. The Morgan fingerprint density at radius 1 is 1.04 bits per heavy atom. The zero-order valence-electron chi connectivity index (χ0n) is 15.6. The van der Waals surface area contributed by atoms with Crippen LogP contribution in [0.3, 0.4) is 0 Å². The van der Waals surface area contributed by atoms with Gasteiger partial charge < -0.3 is 15.4 Å².